The predicted octanol–water partition coefficient (Wildman–Crippen LogP) is 0.495. The third-order valence-corrected chi connectivity index (χ3v) is 2.10. The molecule has 1 aromatic rings. The van der Waals surface area contributed by atoms with Crippen molar-refractivity contribution in [2.24, 2.45) is 7.05 Å². The lowest BCUT2D eigenvalue weighted by Gasteiger charge is -2.02. The molecule has 0 bridgehead atoms. The van der Waals surface area contributed by atoms with Gasteiger partial charge in [0, 0.05) is 13.6 Å². The summed E-state index contributed by atoms with van der Waals surface area (Å²) < 4.78 is 1.52. The van der Waals surface area contributed by atoms with E-state index in [0.717, 1.165) is 0 Å². The molecular formula is C6H9BrN4O3. The van der Waals surface area contributed by atoms with Crippen LogP contribution in [0.4, 0.5) is 11.5 Å². The molecule has 1 rings (SSSR count). The number of nitrogens with one attached hydrogen (secondary N) is 1. The first-order valence-corrected chi connectivity index (χ1v) is 4.58. The number of halogens is 1. The number of hydrogen-bond acceptors (Lipinski definition) is 5. The van der Waals surface area contributed by atoms with Gasteiger partial charge in [-0.2, -0.15) is 5.10 Å². The van der Waals surface area contributed by atoms with Crippen LogP contribution in [0.3, 0.4) is 0 Å². The van der Waals surface area contributed by atoms with E-state index in [1.807, 2.05) is 0 Å². The van der Waals surface area contributed by atoms with Gasteiger partial charge >= 0.3 is 5.69 Å². The van der Waals surface area contributed by atoms with E-state index in [-0.39, 0.29) is 29.3 Å². The normalized spacial score (nSPS) is 10.2. The van der Waals surface area contributed by atoms with Crippen molar-refractivity contribution >= 4 is 27.4 Å². The summed E-state index contributed by atoms with van der Waals surface area (Å²) in [7, 11) is 1.58. The van der Waals surface area contributed by atoms with Crippen molar-refractivity contribution in [3.63, 3.8) is 0 Å². The number of nitrogens with zero attached hydrogens (tertiary/aromatic N) is 3. The Morgan fingerprint density at radius 3 is 2.93 bits per heavy atom. The van der Waals surface area contributed by atoms with Gasteiger partial charge in [-0.25, -0.2) is 4.68 Å². The third kappa shape index (κ3) is 2.02. The molecular weight excluding hydrogens is 256 g/mol. The Labute approximate surface area is 88.0 Å². The highest BCUT2D eigenvalue weighted by Crippen LogP contribution is 2.31. The second-order valence-corrected chi connectivity index (χ2v) is 3.27. The van der Waals surface area contributed by atoms with E-state index in [1.165, 1.54) is 4.68 Å². The van der Waals surface area contributed by atoms with Crippen LogP contribution in [0.2, 0.25) is 0 Å². The average molecular weight is 265 g/mol. The van der Waals surface area contributed by atoms with E-state index in [1.54, 1.807) is 7.05 Å². The average Bonchev–Trinajstić information content (AvgIpc) is 2.37. The van der Waals surface area contributed by atoms with Gasteiger partial charge in [0.1, 0.15) is 0 Å². The Morgan fingerprint density at radius 2 is 2.43 bits per heavy atom. The zero-order valence-corrected chi connectivity index (χ0v) is 8.98. The Morgan fingerprint density at radius 1 is 1.79 bits per heavy atom. The van der Waals surface area contributed by atoms with Crippen molar-refractivity contribution < 1.29 is 10.0 Å². The third-order valence-electron chi connectivity index (χ3n) is 1.57. The largest absolute Gasteiger partial charge is 0.395 e. The highest BCUT2D eigenvalue weighted by Gasteiger charge is 2.24. The van der Waals surface area contributed by atoms with Crippen LogP contribution in [0, 0.1) is 10.1 Å². The molecule has 0 spiro atoms. The van der Waals surface area contributed by atoms with Gasteiger partial charge in [0.25, 0.3) is 0 Å². The van der Waals surface area contributed by atoms with Crippen LogP contribution in [0.25, 0.3) is 0 Å². The molecule has 0 radical (unpaired) electrons. The minimum absolute atomic E-state index is 0.0973. The number of aliphatic hydroxyl groups is 1. The molecule has 0 aliphatic rings. The lowest BCUT2D eigenvalue weighted by molar-refractivity contribution is -0.384. The zero-order chi connectivity index (χ0) is 10.7. The fourth-order valence-corrected chi connectivity index (χ4v) is 1.58. The van der Waals surface area contributed by atoms with Crippen molar-refractivity contribution in [3.8, 4) is 0 Å². The molecule has 7 nitrogen and oxygen atoms in total. The van der Waals surface area contributed by atoms with Crippen molar-refractivity contribution in [3.05, 3.63) is 14.7 Å². The van der Waals surface area contributed by atoms with Gasteiger partial charge in [-0.3, -0.25) is 10.1 Å². The molecule has 0 aromatic carbocycles. The van der Waals surface area contributed by atoms with Crippen LogP contribution in [-0.4, -0.2) is 33.0 Å². The van der Waals surface area contributed by atoms with Gasteiger partial charge in [-0.05, 0) is 15.9 Å². The van der Waals surface area contributed by atoms with E-state index in [0.29, 0.717) is 0 Å². The number of aliphatic hydroxyl groups excluding tert-OH is 1. The fourth-order valence-electron chi connectivity index (χ4n) is 1.01. The van der Waals surface area contributed by atoms with Gasteiger partial charge in [0.05, 0.1) is 11.5 Å². The number of aryl methyl sites for hydroxylation is 1. The summed E-state index contributed by atoms with van der Waals surface area (Å²) >= 11 is 2.98. The highest BCUT2D eigenvalue weighted by atomic mass is 79.9. The molecule has 78 valence electrons. The summed E-state index contributed by atoms with van der Waals surface area (Å²) in [5.74, 6) is 0.274. The van der Waals surface area contributed by atoms with Crippen LogP contribution < -0.4 is 5.32 Å². The van der Waals surface area contributed by atoms with Crippen molar-refractivity contribution in [2.45, 2.75) is 0 Å². The molecule has 8 heteroatoms. The fraction of sp³-hybridized carbons (Fsp3) is 0.500. The van der Waals surface area contributed by atoms with Gasteiger partial charge in [0.15, 0.2) is 0 Å². The topological polar surface area (TPSA) is 93.2 Å². The predicted molar refractivity (Wildman–Crippen MR) is 53.1 cm³/mol. The number of rotatable bonds is 4. The first kappa shape index (κ1) is 10.9. The van der Waals surface area contributed by atoms with E-state index in [4.69, 9.17) is 5.11 Å². The molecule has 0 saturated heterocycles. The number of anilines is 1. The monoisotopic (exact) mass is 264 g/mol. The number of nitro groups is 1. The summed E-state index contributed by atoms with van der Waals surface area (Å²) in [5, 5.41) is 25.8. The molecule has 0 aliphatic carbocycles. The Balaban J connectivity index is 3.05. The molecule has 2 N–H and O–H groups in total. The van der Waals surface area contributed by atoms with Crippen LogP contribution in [0.5, 0.6) is 0 Å². The van der Waals surface area contributed by atoms with Gasteiger partial charge in [-0.1, -0.05) is 0 Å². The summed E-state index contributed by atoms with van der Waals surface area (Å²) in [6, 6.07) is 0. The van der Waals surface area contributed by atoms with Crippen molar-refractivity contribution in [1.82, 2.24) is 9.78 Å². The molecule has 0 amide bonds. The van der Waals surface area contributed by atoms with Crippen LogP contribution in [-0.2, 0) is 7.05 Å². The second kappa shape index (κ2) is 4.38. The lowest BCUT2D eigenvalue weighted by atomic mass is 10.5. The standard InChI is InChI=1S/C6H9BrN4O3/c1-10-6(8-2-3-12)4(11(13)14)5(7)9-10/h8,12H,2-3H2,1H3. The maximum absolute atomic E-state index is 10.6. The summed E-state index contributed by atoms with van der Waals surface area (Å²) in [6.07, 6.45) is 0. The minimum Gasteiger partial charge on any atom is -0.395 e. The quantitative estimate of drug-likeness (QED) is 0.610. The Hall–Kier alpha value is -1.15. The van der Waals surface area contributed by atoms with E-state index < -0.39 is 4.92 Å². The molecule has 0 saturated carbocycles. The van der Waals surface area contributed by atoms with E-state index in [2.05, 4.69) is 26.3 Å². The highest BCUT2D eigenvalue weighted by molar-refractivity contribution is 9.10. The molecule has 0 unspecified atom stereocenters. The minimum atomic E-state index is -0.531. The summed E-state index contributed by atoms with van der Waals surface area (Å²) in [4.78, 5) is 10.1. The van der Waals surface area contributed by atoms with Crippen molar-refractivity contribution in [2.75, 3.05) is 18.5 Å². The first-order chi connectivity index (χ1) is 6.57. The van der Waals surface area contributed by atoms with Gasteiger partial charge in [-0.15, -0.1) is 0 Å². The zero-order valence-electron chi connectivity index (χ0n) is 7.40. The maximum Gasteiger partial charge on any atom is 0.345 e. The number of hydrogen-bond donors (Lipinski definition) is 2. The van der Waals surface area contributed by atoms with Gasteiger partial charge in [0.2, 0.25) is 10.4 Å². The van der Waals surface area contributed by atoms with Crippen LogP contribution >= 0.6 is 15.9 Å². The smallest absolute Gasteiger partial charge is 0.345 e. The van der Waals surface area contributed by atoms with E-state index in [9.17, 15) is 10.1 Å². The summed E-state index contributed by atoms with van der Waals surface area (Å²) in [5.41, 5.74) is -0.124. The molecule has 1 aromatic heterocycles. The maximum atomic E-state index is 10.6. The number of aromatic nitrogens is 2. The SMILES string of the molecule is Cn1nc(Br)c([N+](=O)[O-])c1NCCO. The summed E-state index contributed by atoms with van der Waals surface area (Å²) in [6.45, 7) is 0.146. The molecule has 0 aliphatic heterocycles. The first-order valence-electron chi connectivity index (χ1n) is 3.79. The van der Waals surface area contributed by atoms with Crippen LogP contribution in [0.1, 0.15) is 0 Å². The van der Waals surface area contributed by atoms with Gasteiger partial charge < -0.3 is 10.4 Å². The van der Waals surface area contributed by atoms with Crippen molar-refractivity contribution in [1.29, 1.82) is 0 Å². The lowest BCUT2D eigenvalue weighted by Crippen LogP contribution is -2.10. The molecule has 0 fully saturated rings. The molecule has 1 heterocycles. The van der Waals surface area contributed by atoms with Crippen LogP contribution in [0.15, 0.2) is 4.60 Å². The second-order valence-electron chi connectivity index (χ2n) is 2.52. The van der Waals surface area contributed by atoms with E-state index >= 15 is 0 Å². The Bertz CT molecular complexity index is 351. The molecule has 0 atom stereocenters. The Kier molecular flexibility index (Phi) is 3.42. The molecule has 14 heavy (non-hydrogen) atoms.